The summed E-state index contributed by atoms with van der Waals surface area (Å²) in [5, 5.41) is 11.8. The predicted molar refractivity (Wildman–Crippen MR) is 94.7 cm³/mol. The molecule has 0 heterocycles. The first-order chi connectivity index (χ1) is 11.5. The van der Waals surface area contributed by atoms with E-state index in [1.807, 2.05) is 73.7 Å². The fourth-order valence-electron chi connectivity index (χ4n) is 3.17. The first kappa shape index (κ1) is 16.0. The molecule has 120 valence electrons. The number of carbonyl (C=O) groups excluding carboxylic acids is 1. The summed E-state index contributed by atoms with van der Waals surface area (Å²) in [5.41, 5.74) is 7.16. The number of nitrogens with two attached hydrogens (primary N) is 1. The summed E-state index contributed by atoms with van der Waals surface area (Å²) in [5.74, 6) is -0.556. The molecule has 0 saturated heterocycles. The highest BCUT2D eigenvalue weighted by molar-refractivity contribution is 5.95. The molecule has 3 rings (SSSR count). The van der Waals surface area contributed by atoms with E-state index in [1.165, 1.54) is 0 Å². The number of hydrogen-bond acceptors (Lipinski definition) is 2. The van der Waals surface area contributed by atoms with Crippen LogP contribution in [0.1, 0.15) is 32.6 Å². The van der Waals surface area contributed by atoms with Crippen LogP contribution in [0.5, 0.6) is 0 Å². The highest BCUT2D eigenvalue weighted by atomic mass is 16.3. The molecule has 0 aliphatic carbocycles. The van der Waals surface area contributed by atoms with Crippen LogP contribution >= 0.6 is 0 Å². The number of benzene rings is 3. The normalized spacial score (nSPS) is 11.2. The molecule has 1 amide bonds. The number of amides is 1. The Labute approximate surface area is 141 Å². The van der Waals surface area contributed by atoms with Gasteiger partial charge in [-0.1, -0.05) is 72.8 Å². The second-order valence-corrected chi connectivity index (χ2v) is 5.80. The Morgan fingerprint density at radius 1 is 0.833 bits per heavy atom. The summed E-state index contributed by atoms with van der Waals surface area (Å²) < 4.78 is 0. The predicted octanol–water partition coefficient (Wildman–Crippen LogP) is 3.38. The maximum Gasteiger partial charge on any atom is 0.249 e. The summed E-state index contributed by atoms with van der Waals surface area (Å²) in [4.78, 5) is 12.0. The quantitative estimate of drug-likeness (QED) is 0.725. The van der Waals surface area contributed by atoms with Crippen molar-refractivity contribution in [1.82, 2.24) is 0 Å². The fraction of sp³-hybridized carbons (Fsp3) is 0.0952. The number of primary amides is 1. The molecule has 24 heavy (non-hydrogen) atoms. The summed E-state index contributed by atoms with van der Waals surface area (Å²) >= 11 is 0. The van der Waals surface area contributed by atoms with Gasteiger partial charge in [-0.25, -0.2) is 0 Å². The molecule has 3 heteroatoms. The first-order valence-corrected chi connectivity index (χ1v) is 7.78. The lowest BCUT2D eigenvalue weighted by Gasteiger charge is -2.32. The van der Waals surface area contributed by atoms with E-state index in [0.29, 0.717) is 22.3 Å². The van der Waals surface area contributed by atoms with Crippen molar-refractivity contribution in [3.63, 3.8) is 0 Å². The Morgan fingerprint density at radius 3 is 1.79 bits per heavy atom. The molecule has 0 atom stereocenters. The third-order valence-electron chi connectivity index (χ3n) is 4.28. The van der Waals surface area contributed by atoms with Crippen LogP contribution in [0.15, 0.2) is 78.9 Å². The lowest BCUT2D eigenvalue weighted by atomic mass is 9.76. The van der Waals surface area contributed by atoms with E-state index < -0.39 is 11.5 Å². The van der Waals surface area contributed by atoms with Crippen molar-refractivity contribution in [3.8, 4) is 0 Å². The zero-order chi connectivity index (χ0) is 17.2. The minimum Gasteiger partial charge on any atom is -0.376 e. The van der Waals surface area contributed by atoms with E-state index in [1.54, 1.807) is 12.1 Å². The topological polar surface area (TPSA) is 63.3 Å². The zero-order valence-corrected chi connectivity index (χ0v) is 13.4. The van der Waals surface area contributed by atoms with E-state index in [-0.39, 0.29) is 0 Å². The van der Waals surface area contributed by atoms with Crippen molar-refractivity contribution in [1.29, 1.82) is 0 Å². The Morgan fingerprint density at radius 2 is 1.33 bits per heavy atom. The molecule has 0 bridgehead atoms. The van der Waals surface area contributed by atoms with Crippen LogP contribution in [-0.4, -0.2) is 11.0 Å². The van der Waals surface area contributed by atoms with Gasteiger partial charge in [-0.3, -0.25) is 4.79 Å². The number of rotatable bonds is 4. The van der Waals surface area contributed by atoms with E-state index >= 15 is 0 Å². The Hall–Kier alpha value is -2.91. The van der Waals surface area contributed by atoms with Crippen LogP contribution < -0.4 is 5.73 Å². The van der Waals surface area contributed by atoms with Crippen LogP contribution in [0.3, 0.4) is 0 Å². The molecule has 0 aromatic heterocycles. The number of hydrogen-bond donors (Lipinski definition) is 2. The standard InChI is InChI=1S/C21H19NO2/c1-15-9-8-14-18(20(22)23)19(15)21(24,16-10-4-2-5-11-16)17-12-6-3-7-13-17/h2-14,24H,1H3,(H2,22,23). The van der Waals surface area contributed by atoms with Gasteiger partial charge in [0, 0.05) is 11.1 Å². The van der Waals surface area contributed by atoms with Crippen LogP contribution in [-0.2, 0) is 5.60 Å². The van der Waals surface area contributed by atoms with Gasteiger partial charge in [0.05, 0.1) is 0 Å². The van der Waals surface area contributed by atoms with Crippen LogP contribution in [0.25, 0.3) is 0 Å². The molecule has 0 aliphatic heterocycles. The van der Waals surface area contributed by atoms with Gasteiger partial charge in [0.15, 0.2) is 0 Å². The molecule has 0 unspecified atom stereocenters. The van der Waals surface area contributed by atoms with Gasteiger partial charge in [-0.15, -0.1) is 0 Å². The summed E-state index contributed by atoms with van der Waals surface area (Å²) in [7, 11) is 0. The van der Waals surface area contributed by atoms with Crippen molar-refractivity contribution in [2.24, 2.45) is 5.73 Å². The molecule has 0 radical (unpaired) electrons. The molecule has 3 nitrogen and oxygen atoms in total. The van der Waals surface area contributed by atoms with Crippen molar-refractivity contribution in [3.05, 3.63) is 107 Å². The SMILES string of the molecule is Cc1cccc(C(N)=O)c1C(O)(c1ccccc1)c1ccccc1. The van der Waals surface area contributed by atoms with Crippen LogP contribution in [0.2, 0.25) is 0 Å². The molecular weight excluding hydrogens is 298 g/mol. The highest BCUT2D eigenvalue weighted by Gasteiger charge is 2.37. The van der Waals surface area contributed by atoms with E-state index in [0.717, 1.165) is 5.56 Å². The fourth-order valence-corrected chi connectivity index (χ4v) is 3.17. The molecule has 3 aromatic rings. The maximum atomic E-state index is 12.0. The maximum absolute atomic E-state index is 12.0. The summed E-state index contributed by atoms with van der Waals surface area (Å²) in [6.07, 6.45) is 0. The zero-order valence-electron chi connectivity index (χ0n) is 13.4. The minimum atomic E-state index is -1.46. The molecule has 3 aromatic carbocycles. The largest absolute Gasteiger partial charge is 0.376 e. The second kappa shape index (κ2) is 6.30. The second-order valence-electron chi connectivity index (χ2n) is 5.80. The number of aryl methyl sites for hydroxylation is 1. The number of carbonyl (C=O) groups is 1. The Bertz CT molecular complexity index is 818. The van der Waals surface area contributed by atoms with Gasteiger partial charge in [0.2, 0.25) is 5.91 Å². The summed E-state index contributed by atoms with van der Waals surface area (Å²) in [6.45, 7) is 1.87. The first-order valence-electron chi connectivity index (χ1n) is 7.78. The van der Waals surface area contributed by atoms with Gasteiger partial charge in [-0.05, 0) is 29.7 Å². The van der Waals surface area contributed by atoms with E-state index in [2.05, 4.69) is 0 Å². The summed E-state index contributed by atoms with van der Waals surface area (Å²) in [6, 6.07) is 24.0. The Balaban J connectivity index is 2.39. The molecule has 3 N–H and O–H groups in total. The van der Waals surface area contributed by atoms with Crippen molar-refractivity contribution >= 4 is 5.91 Å². The minimum absolute atomic E-state index is 0.324. The van der Waals surface area contributed by atoms with Crippen molar-refractivity contribution in [2.75, 3.05) is 0 Å². The third-order valence-corrected chi connectivity index (χ3v) is 4.28. The monoisotopic (exact) mass is 317 g/mol. The van der Waals surface area contributed by atoms with E-state index in [4.69, 9.17) is 5.73 Å². The lowest BCUT2D eigenvalue weighted by molar-refractivity contribution is 0.0974. The molecule has 0 saturated carbocycles. The van der Waals surface area contributed by atoms with Crippen molar-refractivity contribution in [2.45, 2.75) is 12.5 Å². The van der Waals surface area contributed by atoms with E-state index in [9.17, 15) is 9.90 Å². The molecular formula is C21H19NO2. The van der Waals surface area contributed by atoms with Crippen LogP contribution in [0.4, 0.5) is 0 Å². The van der Waals surface area contributed by atoms with Gasteiger partial charge >= 0.3 is 0 Å². The average Bonchev–Trinajstić information content (AvgIpc) is 2.62. The third kappa shape index (κ3) is 2.59. The number of aliphatic hydroxyl groups is 1. The van der Waals surface area contributed by atoms with Crippen LogP contribution in [0, 0.1) is 6.92 Å². The highest BCUT2D eigenvalue weighted by Crippen LogP contribution is 2.39. The Kier molecular flexibility index (Phi) is 4.19. The molecule has 0 fully saturated rings. The van der Waals surface area contributed by atoms with Gasteiger partial charge in [0.25, 0.3) is 0 Å². The van der Waals surface area contributed by atoms with Gasteiger partial charge < -0.3 is 10.8 Å². The van der Waals surface area contributed by atoms with Crippen molar-refractivity contribution < 1.29 is 9.90 Å². The lowest BCUT2D eigenvalue weighted by Crippen LogP contribution is -2.33. The molecule has 0 spiro atoms. The smallest absolute Gasteiger partial charge is 0.249 e. The van der Waals surface area contributed by atoms with Gasteiger partial charge in [-0.2, -0.15) is 0 Å². The molecule has 0 aliphatic rings. The van der Waals surface area contributed by atoms with Gasteiger partial charge in [0.1, 0.15) is 5.60 Å². The average molecular weight is 317 g/mol.